The Morgan fingerprint density at radius 2 is 1.94 bits per heavy atom. The van der Waals surface area contributed by atoms with Crippen molar-refractivity contribution < 1.29 is 4.74 Å². The van der Waals surface area contributed by atoms with Crippen molar-refractivity contribution in [2.45, 2.75) is 13.5 Å². The molecule has 0 spiro atoms. The molecule has 0 aliphatic carbocycles. The largest absolute Gasteiger partial charge is 0.378 e. The van der Waals surface area contributed by atoms with Crippen LogP contribution >= 0.6 is 0 Å². The van der Waals surface area contributed by atoms with Gasteiger partial charge in [0.25, 0.3) is 0 Å². The first-order valence-electron chi connectivity index (χ1n) is 10.3. The molecule has 4 aromatic rings. The normalized spacial score (nSPS) is 14.5. The summed E-state index contributed by atoms with van der Waals surface area (Å²) in [4.78, 5) is 20.6. The first-order chi connectivity index (χ1) is 15.3. The van der Waals surface area contributed by atoms with Gasteiger partial charge in [-0.2, -0.15) is 9.61 Å². The molecule has 8 heteroatoms. The van der Waals surface area contributed by atoms with Crippen LogP contribution in [0.25, 0.3) is 17.0 Å². The lowest BCUT2D eigenvalue weighted by molar-refractivity contribution is 0.122. The predicted molar refractivity (Wildman–Crippen MR) is 120 cm³/mol. The summed E-state index contributed by atoms with van der Waals surface area (Å²) < 4.78 is 7.43. The average Bonchev–Trinajstić information content (AvgIpc) is 3.24. The van der Waals surface area contributed by atoms with Gasteiger partial charge in [0.2, 0.25) is 0 Å². The second kappa shape index (κ2) is 8.61. The van der Waals surface area contributed by atoms with Crippen LogP contribution in [0.5, 0.6) is 0 Å². The van der Waals surface area contributed by atoms with Crippen LogP contribution in [0.4, 0.5) is 5.82 Å². The molecule has 31 heavy (non-hydrogen) atoms. The Hall–Kier alpha value is -3.65. The number of fused-ring (bicyclic) bond motifs is 1. The smallest absolute Gasteiger partial charge is 0.158 e. The molecule has 8 nitrogen and oxygen atoms in total. The average molecular weight is 413 g/mol. The van der Waals surface area contributed by atoms with Crippen molar-refractivity contribution in [3.05, 3.63) is 71.8 Å². The molecule has 0 radical (unpaired) electrons. The summed E-state index contributed by atoms with van der Waals surface area (Å²) in [6.45, 7) is 5.46. The monoisotopic (exact) mass is 413 g/mol. The Balaban J connectivity index is 1.50. The van der Waals surface area contributed by atoms with Crippen molar-refractivity contribution in [2.75, 3.05) is 31.2 Å². The molecule has 0 bridgehead atoms. The number of pyridine rings is 2. The van der Waals surface area contributed by atoms with E-state index in [4.69, 9.17) is 14.8 Å². The quantitative estimate of drug-likeness (QED) is 0.468. The van der Waals surface area contributed by atoms with Gasteiger partial charge in [0.15, 0.2) is 5.65 Å². The van der Waals surface area contributed by atoms with Crippen molar-refractivity contribution in [2.24, 2.45) is 4.99 Å². The van der Waals surface area contributed by atoms with Gasteiger partial charge < -0.3 is 9.64 Å². The fourth-order valence-corrected chi connectivity index (χ4v) is 3.62. The third kappa shape index (κ3) is 4.29. The molecule has 0 amide bonds. The second-order valence-corrected chi connectivity index (χ2v) is 7.39. The highest BCUT2D eigenvalue weighted by molar-refractivity contribution is 5.76. The van der Waals surface area contributed by atoms with Gasteiger partial charge in [0, 0.05) is 43.3 Å². The van der Waals surface area contributed by atoms with Crippen molar-refractivity contribution in [3.63, 3.8) is 0 Å². The Bertz CT molecular complexity index is 1210. The number of anilines is 1. The van der Waals surface area contributed by atoms with Gasteiger partial charge in [-0.15, -0.1) is 0 Å². The van der Waals surface area contributed by atoms with Crippen LogP contribution in [-0.2, 0) is 11.3 Å². The second-order valence-electron chi connectivity index (χ2n) is 7.39. The summed E-state index contributed by atoms with van der Waals surface area (Å²) in [5, 5.41) is 4.80. The van der Waals surface area contributed by atoms with Gasteiger partial charge in [-0.1, -0.05) is 12.1 Å². The molecule has 0 N–H and O–H groups in total. The van der Waals surface area contributed by atoms with E-state index >= 15 is 0 Å². The zero-order valence-corrected chi connectivity index (χ0v) is 17.3. The maximum absolute atomic E-state index is 5.53. The van der Waals surface area contributed by atoms with Crippen molar-refractivity contribution in [1.82, 2.24) is 24.6 Å². The minimum absolute atomic E-state index is 0.466. The van der Waals surface area contributed by atoms with E-state index in [1.165, 1.54) is 0 Å². The minimum atomic E-state index is 0.466. The molecule has 5 rings (SSSR count). The van der Waals surface area contributed by atoms with Crippen molar-refractivity contribution >= 4 is 17.7 Å². The summed E-state index contributed by atoms with van der Waals surface area (Å²) in [5.41, 5.74) is 5.10. The molecule has 156 valence electrons. The molecule has 5 heterocycles. The highest BCUT2D eigenvalue weighted by Crippen LogP contribution is 2.23. The molecule has 1 saturated heterocycles. The minimum Gasteiger partial charge on any atom is -0.378 e. The van der Waals surface area contributed by atoms with Gasteiger partial charge in [-0.3, -0.25) is 15.0 Å². The van der Waals surface area contributed by atoms with Crippen molar-refractivity contribution in [3.8, 4) is 11.4 Å². The van der Waals surface area contributed by atoms with Gasteiger partial charge in [-0.05, 0) is 31.2 Å². The number of morpholine rings is 1. The van der Waals surface area contributed by atoms with Crippen LogP contribution in [0.2, 0.25) is 0 Å². The molecule has 4 aromatic heterocycles. The van der Waals surface area contributed by atoms with Crippen LogP contribution < -0.4 is 4.90 Å². The lowest BCUT2D eigenvalue weighted by Gasteiger charge is -2.29. The van der Waals surface area contributed by atoms with Crippen LogP contribution in [0, 0.1) is 6.92 Å². The van der Waals surface area contributed by atoms with E-state index < -0.39 is 0 Å². The molecular weight excluding hydrogens is 390 g/mol. The SMILES string of the molecule is Cc1cccc(C=NCc2cc(N3CCOCC3)n3nc(-c4ccccn4)cc3n2)n1. The van der Waals surface area contributed by atoms with E-state index in [1.54, 1.807) is 12.4 Å². The third-order valence-corrected chi connectivity index (χ3v) is 5.11. The number of nitrogens with zero attached hydrogens (tertiary/aromatic N) is 7. The molecule has 1 fully saturated rings. The number of ether oxygens (including phenoxy) is 1. The summed E-state index contributed by atoms with van der Waals surface area (Å²) in [6, 6.07) is 15.8. The van der Waals surface area contributed by atoms with E-state index in [9.17, 15) is 0 Å². The number of aliphatic imine (C=N–C) groups is 1. The van der Waals surface area contributed by atoms with Gasteiger partial charge in [0.1, 0.15) is 11.5 Å². The van der Waals surface area contributed by atoms with Crippen LogP contribution in [-0.4, -0.2) is 57.1 Å². The Labute approximate surface area is 180 Å². The fraction of sp³-hybridized carbons (Fsp3) is 0.261. The van der Waals surface area contributed by atoms with E-state index in [-0.39, 0.29) is 0 Å². The highest BCUT2D eigenvalue weighted by atomic mass is 16.5. The van der Waals surface area contributed by atoms with Crippen LogP contribution in [0.3, 0.4) is 0 Å². The standard InChI is InChI=1S/C23H23N7O/c1-17-5-4-6-18(26-17)15-24-16-19-13-23(29-9-11-31-12-10-29)30-22(27-19)14-21(28-30)20-7-2-3-8-25-20/h2-8,13-15H,9-12,16H2,1H3. The zero-order valence-electron chi connectivity index (χ0n) is 17.3. The molecule has 1 aliphatic heterocycles. The maximum atomic E-state index is 5.53. The van der Waals surface area contributed by atoms with E-state index in [1.807, 2.05) is 53.9 Å². The molecular formula is C23H23N7O. The Morgan fingerprint density at radius 3 is 2.74 bits per heavy atom. The fourth-order valence-electron chi connectivity index (χ4n) is 3.62. The summed E-state index contributed by atoms with van der Waals surface area (Å²) in [5.74, 6) is 0.995. The molecule has 0 aromatic carbocycles. The predicted octanol–water partition coefficient (Wildman–Crippen LogP) is 2.95. The number of aryl methyl sites for hydroxylation is 1. The zero-order chi connectivity index (χ0) is 21.0. The molecule has 0 atom stereocenters. The molecule has 1 aliphatic rings. The Kier molecular flexibility index (Phi) is 5.37. The lowest BCUT2D eigenvalue weighted by Crippen LogP contribution is -2.37. The third-order valence-electron chi connectivity index (χ3n) is 5.11. The molecule has 0 unspecified atom stereocenters. The summed E-state index contributed by atoms with van der Waals surface area (Å²) >= 11 is 0. The van der Waals surface area contributed by atoms with Gasteiger partial charge in [-0.25, -0.2) is 4.98 Å². The maximum Gasteiger partial charge on any atom is 0.158 e. The first kappa shape index (κ1) is 19.3. The molecule has 0 saturated carbocycles. The van der Waals surface area contributed by atoms with E-state index in [0.717, 1.165) is 53.0 Å². The lowest BCUT2D eigenvalue weighted by atomic mass is 10.3. The first-order valence-corrected chi connectivity index (χ1v) is 10.3. The number of aromatic nitrogens is 5. The highest BCUT2D eigenvalue weighted by Gasteiger charge is 2.18. The topological polar surface area (TPSA) is 80.8 Å². The number of hydrogen-bond donors (Lipinski definition) is 0. The van der Waals surface area contributed by atoms with Gasteiger partial charge in [0.05, 0.1) is 36.8 Å². The van der Waals surface area contributed by atoms with Gasteiger partial charge >= 0.3 is 0 Å². The summed E-state index contributed by atoms with van der Waals surface area (Å²) in [6.07, 6.45) is 3.57. The van der Waals surface area contributed by atoms with E-state index in [2.05, 4.69) is 25.9 Å². The van der Waals surface area contributed by atoms with Crippen LogP contribution in [0.15, 0.2) is 59.7 Å². The number of hydrogen-bond acceptors (Lipinski definition) is 7. The van der Waals surface area contributed by atoms with Crippen molar-refractivity contribution in [1.29, 1.82) is 0 Å². The Morgan fingerprint density at radius 1 is 1.03 bits per heavy atom. The van der Waals surface area contributed by atoms with E-state index in [0.29, 0.717) is 19.8 Å². The van der Waals surface area contributed by atoms with Crippen LogP contribution in [0.1, 0.15) is 17.1 Å². The number of rotatable bonds is 5. The summed E-state index contributed by atoms with van der Waals surface area (Å²) in [7, 11) is 0.